The maximum atomic E-state index is 12.7. The molecule has 0 radical (unpaired) electrons. The number of carbonyl (C=O) groups excluding carboxylic acids is 2. The molecule has 0 spiro atoms. The average molecular weight is 418 g/mol. The molecule has 1 heterocycles. The molecular weight excluding hydrogens is 401 g/mol. The van der Waals surface area contributed by atoms with Gasteiger partial charge in [-0.1, -0.05) is 23.9 Å². The fraction of sp³-hybridized carbons (Fsp3) is 0.238. The molecule has 29 heavy (non-hydrogen) atoms. The molecule has 2 aromatic rings. The molecule has 2 amide bonds. The zero-order valence-electron chi connectivity index (χ0n) is 15.4. The van der Waals surface area contributed by atoms with Crippen LogP contribution in [0.2, 0.25) is 0 Å². The van der Waals surface area contributed by atoms with Crippen molar-refractivity contribution in [2.45, 2.75) is 30.0 Å². The number of halogens is 3. The summed E-state index contributed by atoms with van der Waals surface area (Å²) in [5.74, 6) is -0.436. The Hall–Kier alpha value is -2.74. The average Bonchev–Trinajstić information content (AvgIpc) is 3.49. The summed E-state index contributed by atoms with van der Waals surface area (Å²) in [4.78, 5) is 27.7. The Balaban J connectivity index is 1.59. The van der Waals surface area contributed by atoms with Gasteiger partial charge in [0.1, 0.15) is 0 Å². The summed E-state index contributed by atoms with van der Waals surface area (Å²) in [7, 11) is 1.62. The third kappa shape index (κ3) is 4.17. The zero-order chi connectivity index (χ0) is 20.8. The van der Waals surface area contributed by atoms with E-state index in [-0.39, 0.29) is 17.9 Å². The SMILES string of the molecule is CN1C(=O)/C(=C/c2ccc(C(F)(F)F)cc2)Sc2ccc(C(=O)NC3CC3)cc21. The van der Waals surface area contributed by atoms with Crippen LogP contribution in [-0.2, 0) is 11.0 Å². The molecule has 8 heteroatoms. The van der Waals surface area contributed by atoms with Gasteiger partial charge in [-0.05, 0) is 54.8 Å². The Morgan fingerprint density at radius 3 is 2.48 bits per heavy atom. The summed E-state index contributed by atoms with van der Waals surface area (Å²) in [6.45, 7) is 0. The first kappa shape index (κ1) is 19.6. The van der Waals surface area contributed by atoms with Crippen molar-refractivity contribution in [1.29, 1.82) is 0 Å². The van der Waals surface area contributed by atoms with Gasteiger partial charge in [0.25, 0.3) is 11.8 Å². The summed E-state index contributed by atoms with van der Waals surface area (Å²) in [6.07, 6.45) is -0.851. The van der Waals surface area contributed by atoms with E-state index in [0.717, 1.165) is 29.9 Å². The second-order valence-corrected chi connectivity index (χ2v) is 8.11. The predicted molar refractivity (Wildman–Crippen MR) is 106 cm³/mol. The summed E-state index contributed by atoms with van der Waals surface area (Å²) in [5, 5.41) is 2.92. The second kappa shape index (κ2) is 7.26. The van der Waals surface area contributed by atoms with Crippen LogP contribution in [-0.4, -0.2) is 24.9 Å². The van der Waals surface area contributed by atoms with Crippen LogP contribution in [0.25, 0.3) is 6.08 Å². The quantitative estimate of drug-likeness (QED) is 0.735. The molecule has 1 N–H and O–H groups in total. The standard InChI is InChI=1S/C21H17F3N2O2S/c1-26-16-11-13(19(27)25-15-7-8-15)4-9-17(16)29-18(20(26)28)10-12-2-5-14(6-3-12)21(22,23)24/h2-6,9-11,15H,7-8H2,1H3,(H,25,27)/b18-10-. The molecule has 0 atom stereocenters. The normalized spacial score (nSPS) is 18.0. The summed E-state index contributed by atoms with van der Waals surface area (Å²) in [6, 6.07) is 10.1. The number of rotatable bonds is 3. The summed E-state index contributed by atoms with van der Waals surface area (Å²) >= 11 is 1.24. The smallest absolute Gasteiger partial charge is 0.349 e. The molecule has 2 aliphatic rings. The van der Waals surface area contributed by atoms with E-state index in [9.17, 15) is 22.8 Å². The van der Waals surface area contributed by atoms with E-state index in [1.807, 2.05) is 0 Å². The number of carbonyl (C=O) groups is 2. The van der Waals surface area contributed by atoms with Gasteiger partial charge >= 0.3 is 6.18 Å². The molecule has 0 unspecified atom stereocenters. The molecule has 0 saturated heterocycles. The first-order valence-corrected chi connectivity index (χ1v) is 9.84. The first-order valence-electron chi connectivity index (χ1n) is 9.02. The van der Waals surface area contributed by atoms with E-state index < -0.39 is 11.7 Å². The predicted octanol–water partition coefficient (Wildman–Crippen LogP) is 4.71. The van der Waals surface area contributed by atoms with Crippen LogP contribution in [0.1, 0.15) is 34.3 Å². The molecule has 1 aliphatic heterocycles. The number of hydrogen-bond acceptors (Lipinski definition) is 3. The van der Waals surface area contributed by atoms with Crippen LogP contribution in [0, 0.1) is 0 Å². The third-order valence-electron chi connectivity index (χ3n) is 4.77. The Morgan fingerprint density at radius 2 is 1.86 bits per heavy atom. The number of alkyl halides is 3. The minimum atomic E-state index is -4.40. The Kier molecular flexibility index (Phi) is 4.90. The number of amides is 2. The van der Waals surface area contributed by atoms with E-state index in [0.29, 0.717) is 21.7 Å². The molecule has 0 bridgehead atoms. The van der Waals surface area contributed by atoms with Crippen molar-refractivity contribution in [3.8, 4) is 0 Å². The highest BCUT2D eigenvalue weighted by atomic mass is 32.2. The lowest BCUT2D eigenvalue weighted by atomic mass is 10.1. The Labute approximate surface area is 169 Å². The Morgan fingerprint density at radius 1 is 1.17 bits per heavy atom. The van der Waals surface area contributed by atoms with Gasteiger partial charge in [-0.15, -0.1) is 0 Å². The minimum absolute atomic E-state index is 0.160. The fourth-order valence-corrected chi connectivity index (χ4v) is 4.04. The van der Waals surface area contributed by atoms with Crippen LogP contribution in [0.15, 0.2) is 52.3 Å². The van der Waals surface area contributed by atoms with Crippen LogP contribution in [0.3, 0.4) is 0 Å². The highest BCUT2D eigenvalue weighted by Crippen LogP contribution is 2.42. The third-order valence-corrected chi connectivity index (χ3v) is 5.84. The van der Waals surface area contributed by atoms with E-state index in [4.69, 9.17) is 0 Å². The van der Waals surface area contributed by atoms with Crippen molar-refractivity contribution in [3.05, 3.63) is 64.1 Å². The highest BCUT2D eigenvalue weighted by Gasteiger charge is 2.31. The maximum Gasteiger partial charge on any atom is 0.416 e. The van der Waals surface area contributed by atoms with Crippen molar-refractivity contribution in [2.75, 3.05) is 11.9 Å². The van der Waals surface area contributed by atoms with Crippen molar-refractivity contribution < 1.29 is 22.8 Å². The number of fused-ring (bicyclic) bond motifs is 1. The lowest BCUT2D eigenvalue weighted by molar-refractivity contribution is -0.137. The minimum Gasteiger partial charge on any atom is -0.349 e. The lowest BCUT2D eigenvalue weighted by Gasteiger charge is -2.27. The highest BCUT2D eigenvalue weighted by molar-refractivity contribution is 8.04. The zero-order valence-corrected chi connectivity index (χ0v) is 16.2. The topological polar surface area (TPSA) is 49.4 Å². The van der Waals surface area contributed by atoms with Crippen molar-refractivity contribution >= 4 is 35.3 Å². The number of anilines is 1. The van der Waals surface area contributed by atoms with Crippen LogP contribution in [0.4, 0.5) is 18.9 Å². The molecule has 150 valence electrons. The molecular formula is C21H17F3N2O2S. The molecule has 4 rings (SSSR count). The summed E-state index contributed by atoms with van der Waals surface area (Å²) < 4.78 is 38.1. The fourth-order valence-electron chi connectivity index (χ4n) is 2.95. The number of likely N-dealkylation sites (N-methyl/N-ethyl adjacent to an activating group) is 1. The van der Waals surface area contributed by atoms with Gasteiger partial charge in [-0.25, -0.2) is 0 Å². The van der Waals surface area contributed by atoms with Crippen molar-refractivity contribution in [3.63, 3.8) is 0 Å². The van der Waals surface area contributed by atoms with Gasteiger partial charge in [-0.2, -0.15) is 13.2 Å². The second-order valence-electron chi connectivity index (χ2n) is 7.02. The van der Waals surface area contributed by atoms with E-state index in [2.05, 4.69) is 5.32 Å². The van der Waals surface area contributed by atoms with E-state index in [1.54, 1.807) is 31.3 Å². The largest absolute Gasteiger partial charge is 0.416 e. The van der Waals surface area contributed by atoms with Gasteiger partial charge in [0.15, 0.2) is 0 Å². The van der Waals surface area contributed by atoms with Crippen LogP contribution >= 0.6 is 11.8 Å². The molecule has 1 aliphatic carbocycles. The van der Waals surface area contributed by atoms with Gasteiger partial charge in [0, 0.05) is 23.5 Å². The number of nitrogens with zero attached hydrogens (tertiary/aromatic N) is 1. The Bertz CT molecular complexity index is 1010. The van der Waals surface area contributed by atoms with Crippen molar-refractivity contribution in [1.82, 2.24) is 5.32 Å². The monoisotopic (exact) mass is 418 g/mol. The van der Waals surface area contributed by atoms with Gasteiger partial charge in [0.05, 0.1) is 16.2 Å². The first-order chi connectivity index (χ1) is 13.7. The van der Waals surface area contributed by atoms with Gasteiger partial charge in [0.2, 0.25) is 0 Å². The number of thioether (sulfide) groups is 1. The lowest BCUT2D eigenvalue weighted by Crippen LogP contribution is -2.31. The molecule has 0 aromatic heterocycles. The number of hydrogen-bond donors (Lipinski definition) is 1. The van der Waals surface area contributed by atoms with Crippen molar-refractivity contribution in [2.24, 2.45) is 0 Å². The number of nitrogens with one attached hydrogen (secondary N) is 1. The molecule has 2 aromatic carbocycles. The molecule has 1 fully saturated rings. The van der Waals surface area contributed by atoms with Crippen LogP contribution in [0.5, 0.6) is 0 Å². The van der Waals surface area contributed by atoms with E-state index in [1.165, 1.54) is 28.8 Å². The van der Waals surface area contributed by atoms with Gasteiger partial charge < -0.3 is 10.2 Å². The maximum absolute atomic E-state index is 12.7. The van der Waals surface area contributed by atoms with E-state index >= 15 is 0 Å². The molecule has 1 saturated carbocycles. The summed E-state index contributed by atoms with van der Waals surface area (Å²) in [5.41, 5.74) is 0.895. The van der Waals surface area contributed by atoms with Crippen LogP contribution < -0.4 is 10.2 Å². The molecule has 4 nitrogen and oxygen atoms in total. The van der Waals surface area contributed by atoms with Gasteiger partial charge in [-0.3, -0.25) is 9.59 Å². The number of benzene rings is 2.